The maximum atomic E-state index is 11.1. The number of rotatable bonds is 25. The summed E-state index contributed by atoms with van der Waals surface area (Å²) in [6.45, 7) is 25.0. The molecule has 0 saturated carbocycles. The SMILES string of the molecule is [C-]#[N+]/C(=C\C=C\c1ccc(N(c2ccc(-c3ccc(C)cc3)cc2)c2ccc(-c3ccc(C)cc3)cc2)cc1)C(=O)O.[C-]#[N+]/C(=C\C=C\c1ccc(N(c2ccc(-c3ccccc3)cc2)c2ccc(-c3ccccc3)cc2)cc1)C(=O)O.[C-]#[N+]\C(=C/C=C/C=C/c1ccc(N(c2ccc(-c3ccccc3)cc2)c2ccc(-c3ccccc3)cc2)cc1)C(=O)O. The van der Waals surface area contributed by atoms with Crippen molar-refractivity contribution in [3.8, 4) is 66.8 Å². The van der Waals surface area contributed by atoms with Gasteiger partial charge in [0.05, 0.1) is 19.7 Å². The first-order valence-corrected chi connectivity index (χ1v) is 40.0. The molecule has 0 fully saturated rings. The van der Waals surface area contributed by atoms with Crippen LogP contribution in [-0.2, 0) is 14.4 Å². The van der Waals surface area contributed by atoms with E-state index in [0.717, 1.165) is 101 Å². The molecule has 0 heterocycles. The smallest absolute Gasteiger partial charge is 0.333 e. The van der Waals surface area contributed by atoms with Crippen LogP contribution in [-0.4, -0.2) is 33.2 Å². The Balaban J connectivity index is 0.000000160. The molecule has 0 aliphatic rings. The molecule has 0 aromatic heterocycles. The van der Waals surface area contributed by atoms with Crippen LogP contribution in [0, 0.1) is 33.6 Å². The fraction of sp³-hybridized carbons (Fsp3) is 0.0179. The molecule has 0 atom stereocenters. The lowest BCUT2D eigenvalue weighted by Gasteiger charge is -2.26. The second kappa shape index (κ2) is 42.2. The average Bonchev–Trinajstić information content (AvgIpc) is 0.804. The topological polar surface area (TPSA) is 135 Å². The summed E-state index contributed by atoms with van der Waals surface area (Å²) in [4.78, 5) is 48.8. The number of allylic oxidation sites excluding steroid dienone is 8. The molecule has 0 bridgehead atoms. The second-order valence-corrected chi connectivity index (χ2v) is 28.6. The van der Waals surface area contributed by atoms with Crippen molar-refractivity contribution in [3.63, 3.8) is 0 Å². The quantitative estimate of drug-likeness (QED) is 0.0290. The van der Waals surface area contributed by atoms with Gasteiger partial charge in [-0.05, 0) is 225 Å². The zero-order valence-corrected chi connectivity index (χ0v) is 68.1. The van der Waals surface area contributed by atoms with Crippen LogP contribution < -0.4 is 14.7 Å². The van der Waals surface area contributed by atoms with Gasteiger partial charge in [0.1, 0.15) is 0 Å². The second-order valence-electron chi connectivity index (χ2n) is 28.6. The van der Waals surface area contributed by atoms with Crippen LogP contribution in [0.5, 0.6) is 0 Å². The summed E-state index contributed by atoms with van der Waals surface area (Å²) < 4.78 is 0. The first-order valence-electron chi connectivity index (χ1n) is 40.0. The molecular weight excluding hydrogens is 1530 g/mol. The summed E-state index contributed by atoms with van der Waals surface area (Å²) >= 11 is 0. The minimum Gasteiger partial charge on any atom is -0.486 e. The number of benzene rings is 15. The highest BCUT2D eigenvalue weighted by Gasteiger charge is 2.19. The number of carboxylic acids is 3. The van der Waals surface area contributed by atoms with Crippen molar-refractivity contribution in [1.82, 2.24) is 0 Å². The Kier molecular flexibility index (Phi) is 28.8. The minimum atomic E-state index is -1.23. The molecule has 12 heteroatoms. The van der Waals surface area contributed by atoms with E-state index >= 15 is 0 Å². The van der Waals surface area contributed by atoms with Crippen LogP contribution in [0.25, 0.3) is 99.5 Å². The molecule has 15 aromatic carbocycles. The standard InChI is InChI=1S/C38H30N2O2.C38H28N2O2.C36H26N2O2/c1-27-7-13-30(14-8-27)32-17-23-35(24-18-32)40(36-25-19-33(20-26-36)31-15-9-28(2)10-16-31)34-21-11-29(12-22-34)5-4-6-37(39-3)38(41)42;1-39-37(38(41)42)16-10-2-5-11-29-17-23-34(24-18-29)40(35-25-19-32(20-26-35)30-12-6-3-7-13-30)36-27-21-33(22-28-36)31-14-8-4-9-15-31;1-37-35(36(39)40)14-8-9-27-15-21-32(22-16-27)38(33-23-17-30(18-24-33)28-10-4-2-5-11-28)34-25-19-31(20-26-34)29-12-6-3-7-13-29/h4-26H,1-2H3,(H,41,42);2-28H,(H,41,42);2-26H,(H,39,40)/b5-4+,37-6-;10-2+,11-5+,37-16-;9-8+,35-14-. The van der Waals surface area contributed by atoms with Gasteiger partial charge in [-0.3, -0.25) is 14.4 Å². The van der Waals surface area contributed by atoms with Gasteiger partial charge in [-0.25, -0.2) is 14.5 Å². The van der Waals surface area contributed by atoms with Crippen molar-refractivity contribution in [2.24, 2.45) is 0 Å². The Morgan fingerprint density at radius 1 is 0.218 bits per heavy atom. The van der Waals surface area contributed by atoms with Crippen LogP contribution in [0.2, 0.25) is 0 Å². The van der Waals surface area contributed by atoms with Crippen molar-refractivity contribution in [2.75, 3.05) is 14.7 Å². The Labute approximate surface area is 723 Å². The average molecular weight is 1610 g/mol. The molecular formula is C112H84N6O6. The van der Waals surface area contributed by atoms with Gasteiger partial charge >= 0.3 is 17.9 Å². The van der Waals surface area contributed by atoms with Crippen molar-refractivity contribution in [1.29, 1.82) is 0 Å². The highest BCUT2D eigenvalue weighted by molar-refractivity contribution is 5.91. The van der Waals surface area contributed by atoms with Gasteiger partial charge in [0.15, 0.2) is 0 Å². The number of nitrogens with zero attached hydrogens (tertiary/aromatic N) is 6. The predicted octanol–water partition coefficient (Wildman–Crippen LogP) is 29.3. The third kappa shape index (κ3) is 22.7. The molecule has 0 aliphatic carbocycles. The molecule has 0 radical (unpaired) electrons. The maximum absolute atomic E-state index is 11.1. The fourth-order valence-corrected chi connectivity index (χ4v) is 13.7. The van der Waals surface area contributed by atoms with E-state index in [2.05, 4.69) is 298 Å². The molecule has 598 valence electrons. The maximum Gasteiger partial charge on any atom is 0.333 e. The number of aliphatic carboxylic acids is 3. The largest absolute Gasteiger partial charge is 0.486 e. The van der Waals surface area contributed by atoms with Gasteiger partial charge in [0.25, 0.3) is 17.1 Å². The number of hydrogen-bond donors (Lipinski definition) is 3. The van der Waals surface area contributed by atoms with Crippen LogP contribution in [0.3, 0.4) is 0 Å². The zero-order chi connectivity index (χ0) is 86.4. The normalized spacial score (nSPS) is 11.3. The Morgan fingerprint density at radius 3 is 0.581 bits per heavy atom. The monoisotopic (exact) mass is 1610 g/mol. The van der Waals surface area contributed by atoms with E-state index in [4.69, 9.17) is 35.0 Å². The first-order chi connectivity index (χ1) is 60.6. The summed E-state index contributed by atoms with van der Waals surface area (Å²) in [6.07, 6.45) is 17.6. The van der Waals surface area contributed by atoms with Gasteiger partial charge < -0.3 is 30.0 Å². The summed E-state index contributed by atoms with van der Waals surface area (Å²) in [5.74, 6) is -3.70. The van der Waals surface area contributed by atoms with Gasteiger partial charge in [0, 0.05) is 51.2 Å². The molecule has 15 rings (SSSR count). The highest BCUT2D eigenvalue weighted by Crippen LogP contribution is 2.42. The van der Waals surface area contributed by atoms with Crippen molar-refractivity contribution >= 4 is 87.3 Å². The van der Waals surface area contributed by atoms with Gasteiger partial charge in [-0.15, -0.1) is 0 Å². The van der Waals surface area contributed by atoms with Crippen molar-refractivity contribution in [3.05, 3.63) is 516 Å². The van der Waals surface area contributed by atoms with E-state index in [9.17, 15) is 14.4 Å². The summed E-state index contributed by atoms with van der Waals surface area (Å²) in [5.41, 5.74) is 27.5. The van der Waals surface area contributed by atoms with Gasteiger partial charge in [-0.2, -0.15) is 0 Å². The van der Waals surface area contributed by atoms with Gasteiger partial charge in [0.2, 0.25) is 0 Å². The van der Waals surface area contributed by atoms with E-state index in [1.54, 1.807) is 36.5 Å². The van der Waals surface area contributed by atoms with Crippen LogP contribution in [0.1, 0.15) is 27.8 Å². The number of hydrogen-bond acceptors (Lipinski definition) is 6. The number of anilines is 9. The third-order valence-corrected chi connectivity index (χ3v) is 20.3. The molecule has 0 amide bonds. The minimum absolute atomic E-state index is 0.322. The molecule has 0 unspecified atom stereocenters. The highest BCUT2D eigenvalue weighted by atomic mass is 16.4. The van der Waals surface area contributed by atoms with Crippen LogP contribution in [0.15, 0.2) is 454 Å². The summed E-state index contributed by atoms with van der Waals surface area (Å²) in [6, 6.07) is 134. The number of carboxylic acid groups (broad SMARTS) is 3. The molecule has 0 aliphatic heterocycles. The lowest BCUT2D eigenvalue weighted by atomic mass is 10.0. The summed E-state index contributed by atoms with van der Waals surface area (Å²) in [5, 5.41) is 27.0. The summed E-state index contributed by atoms with van der Waals surface area (Å²) in [7, 11) is 0. The Morgan fingerprint density at radius 2 is 0.387 bits per heavy atom. The first kappa shape index (κ1) is 84.7. The number of carbonyl (C=O) groups is 3. The fourth-order valence-electron chi connectivity index (χ4n) is 13.7. The molecule has 0 saturated heterocycles. The Hall–Kier alpha value is -17.2. The van der Waals surface area contributed by atoms with E-state index in [1.165, 1.54) is 62.7 Å². The lowest BCUT2D eigenvalue weighted by Crippen LogP contribution is -2.09. The van der Waals surface area contributed by atoms with Crippen LogP contribution in [0.4, 0.5) is 51.2 Å². The van der Waals surface area contributed by atoms with Crippen LogP contribution >= 0.6 is 0 Å². The van der Waals surface area contributed by atoms with E-state index < -0.39 is 17.9 Å². The van der Waals surface area contributed by atoms with E-state index in [1.807, 2.05) is 146 Å². The molecule has 12 nitrogen and oxygen atoms in total. The number of aryl methyl sites for hydroxylation is 2. The van der Waals surface area contributed by atoms with E-state index in [-0.39, 0.29) is 17.1 Å². The predicted molar refractivity (Wildman–Crippen MR) is 509 cm³/mol. The Bertz CT molecular complexity index is 6240. The van der Waals surface area contributed by atoms with E-state index in [0.29, 0.717) is 0 Å². The lowest BCUT2D eigenvalue weighted by molar-refractivity contribution is -0.133. The van der Waals surface area contributed by atoms with Crippen molar-refractivity contribution < 1.29 is 29.7 Å². The van der Waals surface area contributed by atoms with Gasteiger partial charge in [-0.1, -0.05) is 339 Å². The van der Waals surface area contributed by atoms with Crippen molar-refractivity contribution in [2.45, 2.75) is 13.8 Å². The molecule has 0 spiro atoms. The third-order valence-electron chi connectivity index (χ3n) is 20.3. The molecule has 15 aromatic rings. The molecule has 3 N–H and O–H groups in total. The molecule has 124 heavy (non-hydrogen) atoms. The zero-order valence-electron chi connectivity index (χ0n) is 68.1.